The summed E-state index contributed by atoms with van der Waals surface area (Å²) in [5.74, 6) is -0.0347. The number of carbonyl (C=O) groups excluding carboxylic acids is 1. The SMILES string of the molecule is Cc1nc(CN2CCN(C(=O)/C=C/c3ccc([N+](=O)[O-])cc3)CC2)cs1. The highest BCUT2D eigenvalue weighted by atomic mass is 32.1. The van der Waals surface area contributed by atoms with Crippen LogP contribution in [0, 0.1) is 17.0 Å². The predicted octanol–water partition coefficient (Wildman–Crippen LogP) is 2.72. The average Bonchev–Trinajstić information content (AvgIpc) is 3.05. The van der Waals surface area contributed by atoms with E-state index in [-0.39, 0.29) is 11.6 Å². The zero-order valence-electron chi connectivity index (χ0n) is 14.5. The second-order valence-corrected chi connectivity index (χ2v) is 7.20. The van der Waals surface area contributed by atoms with Crippen molar-refractivity contribution in [1.29, 1.82) is 0 Å². The molecule has 0 atom stereocenters. The number of nitro groups is 1. The number of benzene rings is 1. The van der Waals surface area contributed by atoms with E-state index in [2.05, 4.69) is 15.3 Å². The van der Waals surface area contributed by atoms with Crippen LogP contribution in [0.2, 0.25) is 0 Å². The lowest BCUT2D eigenvalue weighted by atomic mass is 10.2. The van der Waals surface area contributed by atoms with Gasteiger partial charge < -0.3 is 4.90 Å². The number of non-ortho nitro benzene ring substituents is 1. The van der Waals surface area contributed by atoms with Gasteiger partial charge in [-0.15, -0.1) is 11.3 Å². The molecule has 2 aromatic rings. The summed E-state index contributed by atoms with van der Waals surface area (Å²) in [6, 6.07) is 6.14. The molecule has 0 unspecified atom stereocenters. The molecule has 0 N–H and O–H groups in total. The van der Waals surface area contributed by atoms with Crippen molar-refractivity contribution in [3.8, 4) is 0 Å². The molecule has 1 amide bonds. The maximum Gasteiger partial charge on any atom is 0.269 e. The number of aromatic nitrogens is 1. The molecule has 0 bridgehead atoms. The van der Waals surface area contributed by atoms with Crippen LogP contribution < -0.4 is 0 Å². The molecule has 1 aliphatic heterocycles. The van der Waals surface area contributed by atoms with E-state index in [9.17, 15) is 14.9 Å². The number of thiazole rings is 1. The van der Waals surface area contributed by atoms with Gasteiger partial charge in [-0.3, -0.25) is 19.8 Å². The van der Waals surface area contributed by atoms with Crippen molar-refractivity contribution in [3.63, 3.8) is 0 Å². The summed E-state index contributed by atoms with van der Waals surface area (Å²) in [5.41, 5.74) is 1.90. The fourth-order valence-corrected chi connectivity index (χ4v) is 3.42. The minimum absolute atomic E-state index is 0.0347. The molecule has 0 radical (unpaired) electrons. The van der Waals surface area contributed by atoms with Crippen LogP contribution in [0.1, 0.15) is 16.3 Å². The number of aryl methyl sites for hydroxylation is 1. The second kappa shape index (κ2) is 8.20. The summed E-state index contributed by atoms with van der Waals surface area (Å²) in [4.78, 5) is 31.1. The molecule has 1 aliphatic rings. The van der Waals surface area contributed by atoms with E-state index in [4.69, 9.17) is 0 Å². The topological polar surface area (TPSA) is 79.6 Å². The lowest BCUT2D eigenvalue weighted by molar-refractivity contribution is -0.384. The zero-order valence-corrected chi connectivity index (χ0v) is 15.3. The smallest absolute Gasteiger partial charge is 0.269 e. The van der Waals surface area contributed by atoms with Gasteiger partial charge in [-0.2, -0.15) is 0 Å². The van der Waals surface area contributed by atoms with Gasteiger partial charge in [0, 0.05) is 56.3 Å². The zero-order chi connectivity index (χ0) is 18.5. The fourth-order valence-electron chi connectivity index (χ4n) is 2.82. The van der Waals surface area contributed by atoms with E-state index in [1.807, 2.05) is 11.8 Å². The molecular weight excluding hydrogens is 352 g/mol. The number of hydrogen-bond acceptors (Lipinski definition) is 6. The maximum absolute atomic E-state index is 12.3. The van der Waals surface area contributed by atoms with Crippen LogP contribution in [0.4, 0.5) is 5.69 Å². The molecule has 8 heteroatoms. The van der Waals surface area contributed by atoms with Crippen molar-refractivity contribution in [2.75, 3.05) is 26.2 Å². The monoisotopic (exact) mass is 372 g/mol. The Balaban J connectivity index is 1.49. The summed E-state index contributed by atoms with van der Waals surface area (Å²) < 4.78 is 0. The Bertz CT molecular complexity index is 808. The van der Waals surface area contributed by atoms with Crippen LogP contribution >= 0.6 is 11.3 Å². The molecule has 1 fully saturated rings. The van der Waals surface area contributed by atoms with Crippen molar-refractivity contribution >= 4 is 29.0 Å². The maximum atomic E-state index is 12.3. The number of rotatable bonds is 5. The summed E-state index contributed by atoms with van der Waals surface area (Å²) in [6.45, 7) is 5.85. The highest BCUT2D eigenvalue weighted by Crippen LogP contribution is 2.14. The molecular formula is C18H20N4O3S. The molecule has 0 aliphatic carbocycles. The standard InChI is InChI=1S/C18H20N4O3S/c1-14-19-16(13-26-14)12-20-8-10-21(11-9-20)18(23)7-4-15-2-5-17(6-3-15)22(24)25/h2-7,13H,8-12H2,1H3/b7-4+. The van der Waals surface area contributed by atoms with Crippen molar-refractivity contribution in [1.82, 2.24) is 14.8 Å². The molecule has 1 aromatic carbocycles. The third-order valence-electron chi connectivity index (χ3n) is 4.26. The number of hydrogen-bond donors (Lipinski definition) is 0. The van der Waals surface area contributed by atoms with Gasteiger partial charge >= 0.3 is 0 Å². The van der Waals surface area contributed by atoms with Gasteiger partial charge in [-0.05, 0) is 30.7 Å². The van der Waals surface area contributed by atoms with Gasteiger partial charge in [0.25, 0.3) is 5.69 Å². The number of amides is 1. The number of piperazine rings is 1. The number of nitro benzene ring substituents is 1. The first kappa shape index (κ1) is 18.2. The summed E-state index contributed by atoms with van der Waals surface area (Å²) >= 11 is 1.66. The highest BCUT2D eigenvalue weighted by molar-refractivity contribution is 7.09. The second-order valence-electron chi connectivity index (χ2n) is 6.14. The Morgan fingerprint density at radius 2 is 1.96 bits per heavy atom. The Morgan fingerprint density at radius 3 is 2.54 bits per heavy atom. The van der Waals surface area contributed by atoms with E-state index in [0.717, 1.165) is 35.9 Å². The van der Waals surface area contributed by atoms with E-state index in [0.29, 0.717) is 13.1 Å². The van der Waals surface area contributed by atoms with Gasteiger partial charge in [0.05, 0.1) is 15.6 Å². The van der Waals surface area contributed by atoms with Crippen molar-refractivity contribution in [2.24, 2.45) is 0 Å². The summed E-state index contributed by atoms with van der Waals surface area (Å²) in [7, 11) is 0. The Hall–Kier alpha value is -2.58. The Morgan fingerprint density at radius 1 is 1.27 bits per heavy atom. The lowest BCUT2D eigenvalue weighted by Crippen LogP contribution is -2.47. The lowest BCUT2D eigenvalue weighted by Gasteiger charge is -2.33. The average molecular weight is 372 g/mol. The fraction of sp³-hybridized carbons (Fsp3) is 0.333. The van der Waals surface area contributed by atoms with Gasteiger partial charge in [0.2, 0.25) is 5.91 Å². The quantitative estimate of drug-likeness (QED) is 0.458. The molecule has 7 nitrogen and oxygen atoms in total. The molecule has 3 rings (SSSR count). The van der Waals surface area contributed by atoms with E-state index < -0.39 is 4.92 Å². The minimum Gasteiger partial charge on any atom is -0.337 e. The largest absolute Gasteiger partial charge is 0.337 e. The van der Waals surface area contributed by atoms with Crippen LogP contribution in [0.15, 0.2) is 35.7 Å². The molecule has 1 saturated heterocycles. The molecule has 136 valence electrons. The van der Waals surface area contributed by atoms with Crippen LogP contribution in [-0.4, -0.2) is 51.8 Å². The van der Waals surface area contributed by atoms with Crippen LogP contribution in [0.25, 0.3) is 6.08 Å². The van der Waals surface area contributed by atoms with Crippen molar-refractivity contribution in [2.45, 2.75) is 13.5 Å². The predicted molar refractivity (Wildman–Crippen MR) is 101 cm³/mol. The molecule has 0 saturated carbocycles. The molecule has 2 heterocycles. The van der Waals surface area contributed by atoms with Crippen LogP contribution in [-0.2, 0) is 11.3 Å². The van der Waals surface area contributed by atoms with E-state index in [1.165, 1.54) is 18.2 Å². The third kappa shape index (κ3) is 4.74. The Labute approximate surface area is 155 Å². The molecule has 0 spiro atoms. The molecule has 1 aromatic heterocycles. The number of nitrogens with zero attached hydrogens (tertiary/aromatic N) is 4. The minimum atomic E-state index is -0.439. The van der Waals surface area contributed by atoms with Crippen molar-refractivity contribution in [3.05, 3.63) is 62.1 Å². The summed E-state index contributed by atoms with van der Waals surface area (Å²) in [5, 5.41) is 13.8. The number of carbonyl (C=O) groups is 1. The van der Waals surface area contributed by atoms with E-state index in [1.54, 1.807) is 29.5 Å². The van der Waals surface area contributed by atoms with Crippen LogP contribution in [0.3, 0.4) is 0 Å². The summed E-state index contributed by atoms with van der Waals surface area (Å²) in [6.07, 6.45) is 3.22. The first-order valence-electron chi connectivity index (χ1n) is 8.36. The first-order valence-corrected chi connectivity index (χ1v) is 9.24. The highest BCUT2D eigenvalue weighted by Gasteiger charge is 2.20. The van der Waals surface area contributed by atoms with Gasteiger partial charge in [0.15, 0.2) is 0 Å². The molecule has 26 heavy (non-hydrogen) atoms. The first-order chi connectivity index (χ1) is 12.5. The third-order valence-corrected chi connectivity index (χ3v) is 5.08. The Kier molecular flexibility index (Phi) is 5.75. The van der Waals surface area contributed by atoms with E-state index >= 15 is 0 Å². The van der Waals surface area contributed by atoms with Crippen molar-refractivity contribution < 1.29 is 9.72 Å². The van der Waals surface area contributed by atoms with Gasteiger partial charge in [0.1, 0.15) is 0 Å². The van der Waals surface area contributed by atoms with Gasteiger partial charge in [-0.1, -0.05) is 0 Å². The normalized spacial score (nSPS) is 15.5. The van der Waals surface area contributed by atoms with Crippen LogP contribution in [0.5, 0.6) is 0 Å². The van der Waals surface area contributed by atoms with Gasteiger partial charge in [-0.25, -0.2) is 4.98 Å².